The third-order valence-electron chi connectivity index (χ3n) is 3.97. The van der Waals surface area contributed by atoms with Crippen LogP contribution in [0, 0.1) is 0 Å². The average molecular weight is 290 g/mol. The zero-order chi connectivity index (χ0) is 15.4. The van der Waals surface area contributed by atoms with Crippen molar-refractivity contribution >= 4 is 0 Å². The summed E-state index contributed by atoms with van der Waals surface area (Å²) in [7, 11) is 4.27. The average Bonchev–Trinajstić information content (AvgIpc) is 2.97. The lowest BCUT2D eigenvalue weighted by Gasteiger charge is -2.26. The molecule has 1 heterocycles. The van der Waals surface area contributed by atoms with E-state index in [-0.39, 0.29) is 6.04 Å². The summed E-state index contributed by atoms with van der Waals surface area (Å²) in [6, 6.07) is 25.9. The Kier molecular flexibility index (Phi) is 4.40. The van der Waals surface area contributed by atoms with Crippen molar-refractivity contribution in [2.45, 2.75) is 12.6 Å². The lowest BCUT2D eigenvalue weighted by atomic mass is 10.0. The van der Waals surface area contributed by atoms with E-state index in [2.05, 4.69) is 103 Å². The number of aromatic nitrogens is 1. The van der Waals surface area contributed by atoms with E-state index in [1.807, 2.05) is 0 Å². The van der Waals surface area contributed by atoms with Crippen LogP contribution >= 0.6 is 0 Å². The van der Waals surface area contributed by atoms with E-state index in [9.17, 15) is 0 Å². The van der Waals surface area contributed by atoms with Crippen LogP contribution in [0.15, 0.2) is 79.0 Å². The van der Waals surface area contributed by atoms with Crippen LogP contribution in [0.2, 0.25) is 0 Å². The van der Waals surface area contributed by atoms with Crippen LogP contribution < -0.4 is 0 Å². The Bertz CT molecular complexity index is 699. The SMILES string of the molecule is CN(C)C(c1ccccc1)c1cccn1Cc1ccccc1. The summed E-state index contributed by atoms with van der Waals surface area (Å²) in [4.78, 5) is 2.27. The molecule has 0 amide bonds. The highest BCUT2D eigenvalue weighted by atomic mass is 15.1. The Hall–Kier alpha value is -2.32. The van der Waals surface area contributed by atoms with E-state index in [1.165, 1.54) is 16.8 Å². The van der Waals surface area contributed by atoms with Gasteiger partial charge in [-0.3, -0.25) is 4.90 Å². The van der Waals surface area contributed by atoms with E-state index in [0.29, 0.717) is 0 Å². The summed E-state index contributed by atoms with van der Waals surface area (Å²) in [6.45, 7) is 0.903. The highest BCUT2D eigenvalue weighted by molar-refractivity contribution is 5.29. The van der Waals surface area contributed by atoms with E-state index in [1.54, 1.807) is 0 Å². The molecule has 0 aliphatic rings. The van der Waals surface area contributed by atoms with E-state index < -0.39 is 0 Å². The molecular weight excluding hydrogens is 268 g/mol. The Morgan fingerprint density at radius 2 is 1.45 bits per heavy atom. The van der Waals surface area contributed by atoms with Gasteiger partial charge >= 0.3 is 0 Å². The normalized spacial score (nSPS) is 12.5. The molecule has 2 heteroatoms. The molecule has 0 aliphatic heterocycles. The van der Waals surface area contributed by atoms with Crippen molar-refractivity contribution in [3.8, 4) is 0 Å². The first-order valence-electron chi connectivity index (χ1n) is 7.66. The monoisotopic (exact) mass is 290 g/mol. The summed E-state index contributed by atoms with van der Waals surface area (Å²) in [6.07, 6.45) is 2.17. The Morgan fingerprint density at radius 1 is 0.818 bits per heavy atom. The number of rotatable bonds is 5. The smallest absolute Gasteiger partial charge is 0.0751 e. The summed E-state index contributed by atoms with van der Waals surface area (Å²) in [5, 5.41) is 0. The molecule has 3 aromatic rings. The van der Waals surface area contributed by atoms with Gasteiger partial charge in [-0.15, -0.1) is 0 Å². The number of hydrogen-bond acceptors (Lipinski definition) is 1. The van der Waals surface area contributed by atoms with Gasteiger partial charge in [-0.2, -0.15) is 0 Å². The first-order chi connectivity index (χ1) is 10.8. The highest BCUT2D eigenvalue weighted by Gasteiger charge is 2.19. The minimum atomic E-state index is 0.264. The van der Waals surface area contributed by atoms with Gasteiger partial charge in [0.15, 0.2) is 0 Å². The second kappa shape index (κ2) is 6.63. The summed E-state index contributed by atoms with van der Waals surface area (Å²) >= 11 is 0. The van der Waals surface area contributed by atoms with E-state index in [0.717, 1.165) is 6.54 Å². The van der Waals surface area contributed by atoms with Crippen molar-refractivity contribution in [2.24, 2.45) is 0 Å². The van der Waals surface area contributed by atoms with Crippen LogP contribution in [0.25, 0.3) is 0 Å². The van der Waals surface area contributed by atoms with Gasteiger partial charge < -0.3 is 4.57 Å². The molecule has 1 unspecified atom stereocenters. The van der Waals surface area contributed by atoms with E-state index >= 15 is 0 Å². The summed E-state index contributed by atoms with van der Waals surface area (Å²) in [5.74, 6) is 0. The van der Waals surface area contributed by atoms with Gasteiger partial charge in [0.05, 0.1) is 6.04 Å². The molecular formula is C20H22N2. The van der Waals surface area contributed by atoms with Crippen molar-refractivity contribution in [1.82, 2.24) is 9.47 Å². The third kappa shape index (κ3) is 3.12. The fourth-order valence-electron chi connectivity index (χ4n) is 2.97. The fourth-order valence-corrected chi connectivity index (χ4v) is 2.97. The van der Waals surface area contributed by atoms with Crippen molar-refractivity contribution < 1.29 is 0 Å². The van der Waals surface area contributed by atoms with Gasteiger partial charge in [0.25, 0.3) is 0 Å². The topological polar surface area (TPSA) is 8.17 Å². The van der Waals surface area contributed by atoms with Gasteiger partial charge in [0, 0.05) is 18.4 Å². The Balaban J connectivity index is 1.95. The van der Waals surface area contributed by atoms with Crippen molar-refractivity contribution in [3.63, 3.8) is 0 Å². The maximum Gasteiger partial charge on any atom is 0.0751 e. The van der Waals surface area contributed by atoms with Gasteiger partial charge in [-0.05, 0) is 37.4 Å². The molecule has 0 bridgehead atoms. The molecule has 2 aromatic carbocycles. The maximum absolute atomic E-state index is 2.34. The largest absolute Gasteiger partial charge is 0.345 e. The lowest BCUT2D eigenvalue weighted by Crippen LogP contribution is -2.23. The summed E-state index contributed by atoms with van der Waals surface area (Å²) in [5.41, 5.74) is 3.96. The van der Waals surface area contributed by atoms with E-state index in [4.69, 9.17) is 0 Å². The van der Waals surface area contributed by atoms with Crippen LogP contribution in [0.4, 0.5) is 0 Å². The second-order valence-corrected chi connectivity index (χ2v) is 5.82. The molecule has 112 valence electrons. The molecule has 22 heavy (non-hydrogen) atoms. The first-order valence-corrected chi connectivity index (χ1v) is 7.66. The minimum Gasteiger partial charge on any atom is -0.345 e. The molecule has 2 nitrogen and oxygen atoms in total. The van der Waals surface area contributed by atoms with Crippen molar-refractivity contribution in [2.75, 3.05) is 14.1 Å². The van der Waals surface area contributed by atoms with Gasteiger partial charge in [-0.1, -0.05) is 60.7 Å². The molecule has 0 fully saturated rings. The van der Waals surface area contributed by atoms with Crippen LogP contribution in [-0.4, -0.2) is 23.6 Å². The fraction of sp³-hybridized carbons (Fsp3) is 0.200. The highest BCUT2D eigenvalue weighted by Crippen LogP contribution is 2.27. The zero-order valence-corrected chi connectivity index (χ0v) is 13.2. The molecule has 1 aromatic heterocycles. The lowest BCUT2D eigenvalue weighted by molar-refractivity contribution is 0.329. The van der Waals surface area contributed by atoms with Crippen LogP contribution in [0.3, 0.4) is 0 Å². The predicted molar refractivity (Wildman–Crippen MR) is 91.9 cm³/mol. The number of hydrogen-bond donors (Lipinski definition) is 0. The zero-order valence-electron chi connectivity index (χ0n) is 13.2. The molecule has 0 saturated heterocycles. The minimum absolute atomic E-state index is 0.264. The predicted octanol–water partition coefficient (Wildman–Crippen LogP) is 4.19. The first kappa shape index (κ1) is 14.6. The maximum atomic E-state index is 2.34. The summed E-state index contributed by atoms with van der Waals surface area (Å²) < 4.78 is 2.34. The molecule has 0 saturated carbocycles. The van der Waals surface area contributed by atoms with Crippen molar-refractivity contribution in [3.05, 3.63) is 95.8 Å². The second-order valence-electron chi connectivity index (χ2n) is 5.82. The van der Waals surface area contributed by atoms with Crippen LogP contribution in [0.5, 0.6) is 0 Å². The Labute approximate surface area is 132 Å². The van der Waals surface area contributed by atoms with Crippen LogP contribution in [-0.2, 0) is 6.54 Å². The quantitative estimate of drug-likeness (QED) is 0.684. The number of nitrogens with zero attached hydrogens (tertiary/aromatic N) is 2. The van der Waals surface area contributed by atoms with Gasteiger partial charge in [0.1, 0.15) is 0 Å². The van der Waals surface area contributed by atoms with Gasteiger partial charge in [-0.25, -0.2) is 0 Å². The van der Waals surface area contributed by atoms with Crippen molar-refractivity contribution in [1.29, 1.82) is 0 Å². The van der Waals surface area contributed by atoms with Crippen LogP contribution in [0.1, 0.15) is 22.9 Å². The standard InChI is InChI=1S/C20H22N2/c1-21(2)20(18-12-7-4-8-13-18)19-14-9-15-22(19)16-17-10-5-3-6-11-17/h3-15,20H,16H2,1-2H3. The van der Waals surface area contributed by atoms with Gasteiger partial charge in [0.2, 0.25) is 0 Å². The third-order valence-corrected chi connectivity index (χ3v) is 3.97. The molecule has 0 N–H and O–H groups in total. The molecule has 0 spiro atoms. The Morgan fingerprint density at radius 3 is 2.09 bits per heavy atom. The molecule has 3 rings (SSSR count). The number of benzene rings is 2. The molecule has 0 radical (unpaired) electrons. The molecule has 1 atom stereocenters. The molecule has 0 aliphatic carbocycles.